The highest BCUT2D eigenvalue weighted by Crippen LogP contribution is 2.35. The zero-order chi connectivity index (χ0) is 21.5. The maximum absolute atomic E-state index is 6.24. The van der Waals surface area contributed by atoms with Crippen molar-refractivity contribution in [1.29, 1.82) is 0 Å². The van der Waals surface area contributed by atoms with Crippen molar-refractivity contribution < 1.29 is 9.47 Å². The first-order valence-corrected chi connectivity index (χ1v) is 11.3. The van der Waals surface area contributed by atoms with Crippen LogP contribution in [-0.4, -0.2) is 21.5 Å². The van der Waals surface area contributed by atoms with Crippen molar-refractivity contribution in [3.05, 3.63) is 67.6 Å². The quantitative estimate of drug-likeness (QED) is 0.325. The standard InChI is InChI=1S/C21H24BrClN4O2S/c1-3-7-20-25-26-21(30)27(20)24-12-15-10-18(28-4-2)19(11-16(15)22)29-13-14-8-5-6-9-17(14)23/h5-6,8-11,24H,3-4,7,12-13H2,1-2H3,(H,26,30). The lowest BCUT2D eigenvalue weighted by atomic mass is 10.2. The van der Waals surface area contributed by atoms with E-state index < -0.39 is 0 Å². The van der Waals surface area contributed by atoms with Gasteiger partial charge in [0, 0.05) is 21.5 Å². The van der Waals surface area contributed by atoms with E-state index in [1.54, 1.807) is 0 Å². The van der Waals surface area contributed by atoms with Crippen LogP contribution in [0, 0.1) is 4.77 Å². The van der Waals surface area contributed by atoms with E-state index in [0.29, 0.717) is 41.1 Å². The number of nitrogens with one attached hydrogen (secondary N) is 2. The Bertz CT molecular complexity index is 1050. The van der Waals surface area contributed by atoms with Crippen LogP contribution in [0.4, 0.5) is 0 Å². The number of rotatable bonds is 10. The van der Waals surface area contributed by atoms with E-state index in [2.05, 4.69) is 38.5 Å². The summed E-state index contributed by atoms with van der Waals surface area (Å²) in [5, 5.41) is 7.79. The Balaban J connectivity index is 1.78. The predicted molar refractivity (Wildman–Crippen MR) is 126 cm³/mol. The zero-order valence-electron chi connectivity index (χ0n) is 16.9. The summed E-state index contributed by atoms with van der Waals surface area (Å²) >= 11 is 15.2. The predicted octanol–water partition coefficient (Wildman–Crippen LogP) is 6.03. The first-order valence-electron chi connectivity index (χ1n) is 9.75. The molecule has 3 aromatic rings. The lowest BCUT2D eigenvalue weighted by Crippen LogP contribution is -2.18. The van der Waals surface area contributed by atoms with Gasteiger partial charge in [0.1, 0.15) is 6.61 Å². The van der Waals surface area contributed by atoms with Crippen molar-refractivity contribution in [2.24, 2.45) is 0 Å². The molecule has 0 saturated heterocycles. The van der Waals surface area contributed by atoms with Gasteiger partial charge in [-0.15, -0.1) is 0 Å². The van der Waals surface area contributed by atoms with Crippen LogP contribution in [0.25, 0.3) is 0 Å². The topological polar surface area (TPSA) is 64.1 Å². The lowest BCUT2D eigenvalue weighted by Gasteiger charge is -2.16. The van der Waals surface area contributed by atoms with Crippen LogP contribution < -0.4 is 14.9 Å². The van der Waals surface area contributed by atoms with Gasteiger partial charge < -0.3 is 14.9 Å². The van der Waals surface area contributed by atoms with E-state index >= 15 is 0 Å². The van der Waals surface area contributed by atoms with Crippen molar-refractivity contribution in [2.45, 2.75) is 39.8 Å². The van der Waals surface area contributed by atoms with E-state index in [-0.39, 0.29) is 0 Å². The molecule has 9 heteroatoms. The normalized spacial score (nSPS) is 10.8. The molecule has 0 aliphatic rings. The van der Waals surface area contributed by atoms with E-state index in [4.69, 9.17) is 33.3 Å². The van der Waals surface area contributed by atoms with Crippen LogP contribution in [0.15, 0.2) is 40.9 Å². The van der Waals surface area contributed by atoms with Crippen LogP contribution in [0.2, 0.25) is 5.02 Å². The molecule has 0 bridgehead atoms. The van der Waals surface area contributed by atoms with Gasteiger partial charge in [-0.25, -0.2) is 4.68 Å². The first-order chi connectivity index (χ1) is 14.5. The van der Waals surface area contributed by atoms with Gasteiger partial charge in [0.2, 0.25) is 4.77 Å². The first kappa shape index (κ1) is 22.7. The Labute approximate surface area is 194 Å². The second-order valence-corrected chi connectivity index (χ2v) is 8.22. The SMILES string of the molecule is CCCc1n[nH]c(=S)n1NCc1cc(OCC)c(OCc2ccccc2Cl)cc1Br. The fraction of sp³-hybridized carbons (Fsp3) is 0.333. The van der Waals surface area contributed by atoms with E-state index in [1.807, 2.05) is 48.0 Å². The van der Waals surface area contributed by atoms with Crippen LogP contribution in [0.5, 0.6) is 11.5 Å². The average Bonchev–Trinajstić information content (AvgIpc) is 3.08. The van der Waals surface area contributed by atoms with Gasteiger partial charge in [-0.2, -0.15) is 5.10 Å². The number of ether oxygens (including phenoxy) is 2. The number of H-pyrrole nitrogens is 1. The van der Waals surface area contributed by atoms with Crippen molar-refractivity contribution in [3.63, 3.8) is 0 Å². The molecule has 0 fully saturated rings. The second-order valence-electron chi connectivity index (χ2n) is 6.57. The molecule has 2 N–H and O–H groups in total. The van der Waals surface area contributed by atoms with Crippen molar-refractivity contribution in [2.75, 3.05) is 12.0 Å². The third-order valence-corrected chi connectivity index (χ3v) is 5.78. The molecular weight excluding hydrogens is 488 g/mol. The molecule has 6 nitrogen and oxygen atoms in total. The molecule has 0 amide bonds. The number of benzene rings is 2. The molecule has 1 heterocycles. The molecule has 3 rings (SSSR count). The molecule has 160 valence electrons. The number of hydrogen-bond acceptors (Lipinski definition) is 5. The van der Waals surface area contributed by atoms with Crippen molar-refractivity contribution in [1.82, 2.24) is 14.9 Å². The number of aromatic amines is 1. The van der Waals surface area contributed by atoms with Gasteiger partial charge in [-0.3, -0.25) is 5.10 Å². The molecule has 2 aromatic carbocycles. The molecule has 0 radical (unpaired) electrons. The molecule has 0 aliphatic heterocycles. The molecule has 0 unspecified atom stereocenters. The Morgan fingerprint density at radius 2 is 1.93 bits per heavy atom. The highest BCUT2D eigenvalue weighted by Gasteiger charge is 2.13. The number of halogens is 2. The summed E-state index contributed by atoms with van der Waals surface area (Å²) in [6, 6.07) is 11.5. The summed E-state index contributed by atoms with van der Waals surface area (Å²) in [5.41, 5.74) is 5.26. The molecule has 0 saturated carbocycles. The van der Waals surface area contributed by atoms with Gasteiger partial charge in [-0.05, 0) is 49.3 Å². The van der Waals surface area contributed by atoms with Crippen LogP contribution in [-0.2, 0) is 19.6 Å². The van der Waals surface area contributed by atoms with Crippen molar-refractivity contribution in [3.8, 4) is 11.5 Å². The molecule has 0 spiro atoms. The molecule has 0 atom stereocenters. The molecular formula is C21H24BrClN4O2S. The minimum atomic E-state index is 0.355. The summed E-state index contributed by atoms with van der Waals surface area (Å²) in [5.74, 6) is 2.21. The van der Waals surface area contributed by atoms with Crippen LogP contribution in [0.3, 0.4) is 0 Å². The fourth-order valence-corrected chi connectivity index (χ4v) is 3.78. The molecule has 0 aliphatic carbocycles. The Morgan fingerprint density at radius 1 is 1.17 bits per heavy atom. The monoisotopic (exact) mass is 510 g/mol. The zero-order valence-corrected chi connectivity index (χ0v) is 20.0. The maximum Gasteiger partial charge on any atom is 0.214 e. The van der Waals surface area contributed by atoms with E-state index in [1.165, 1.54) is 0 Å². The number of nitrogens with zero attached hydrogens (tertiary/aromatic N) is 2. The van der Waals surface area contributed by atoms with Gasteiger partial charge in [0.15, 0.2) is 17.3 Å². The van der Waals surface area contributed by atoms with Gasteiger partial charge in [0.05, 0.1) is 13.2 Å². The largest absolute Gasteiger partial charge is 0.490 e. The minimum Gasteiger partial charge on any atom is -0.490 e. The van der Waals surface area contributed by atoms with E-state index in [0.717, 1.165) is 34.3 Å². The second kappa shape index (κ2) is 10.8. The molecule has 1 aromatic heterocycles. The highest BCUT2D eigenvalue weighted by molar-refractivity contribution is 9.10. The third-order valence-electron chi connectivity index (χ3n) is 4.40. The molecule has 30 heavy (non-hydrogen) atoms. The minimum absolute atomic E-state index is 0.355. The highest BCUT2D eigenvalue weighted by atomic mass is 79.9. The summed E-state index contributed by atoms with van der Waals surface area (Å²) in [6.45, 7) is 5.47. The Kier molecular flexibility index (Phi) is 8.18. The van der Waals surface area contributed by atoms with Crippen LogP contribution >= 0.6 is 39.7 Å². The average molecular weight is 512 g/mol. The Morgan fingerprint density at radius 3 is 2.67 bits per heavy atom. The summed E-state index contributed by atoms with van der Waals surface area (Å²) < 4.78 is 15.1. The smallest absolute Gasteiger partial charge is 0.214 e. The summed E-state index contributed by atoms with van der Waals surface area (Å²) in [7, 11) is 0. The van der Waals surface area contributed by atoms with E-state index in [9.17, 15) is 0 Å². The van der Waals surface area contributed by atoms with Crippen LogP contribution in [0.1, 0.15) is 37.2 Å². The lowest BCUT2D eigenvalue weighted by molar-refractivity contribution is 0.269. The van der Waals surface area contributed by atoms with Gasteiger partial charge in [-0.1, -0.05) is 52.7 Å². The number of hydrogen-bond donors (Lipinski definition) is 2. The fourth-order valence-electron chi connectivity index (χ4n) is 2.91. The number of aryl methyl sites for hydroxylation is 1. The van der Waals surface area contributed by atoms with Gasteiger partial charge >= 0.3 is 0 Å². The Hall–Kier alpha value is -2.03. The maximum atomic E-state index is 6.24. The third kappa shape index (κ3) is 5.56. The number of aromatic nitrogens is 3. The van der Waals surface area contributed by atoms with Crippen molar-refractivity contribution >= 4 is 39.7 Å². The van der Waals surface area contributed by atoms with Gasteiger partial charge in [0.25, 0.3) is 0 Å². The summed E-state index contributed by atoms with van der Waals surface area (Å²) in [4.78, 5) is 0. The summed E-state index contributed by atoms with van der Waals surface area (Å²) in [6.07, 6.45) is 1.82.